The Hall–Kier alpha value is -0.830. The highest BCUT2D eigenvalue weighted by atomic mass is 16.5. The summed E-state index contributed by atoms with van der Waals surface area (Å²) >= 11 is 0. The normalized spacial score (nSPS) is 11.6. The topological polar surface area (TPSA) is 46.5 Å². The molecule has 3 heteroatoms. The number of hydrogen-bond donors (Lipinski definition) is 1. The van der Waals surface area contributed by atoms with E-state index >= 15 is 0 Å². The predicted octanol–water partition coefficient (Wildman–Crippen LogP) is 14.1. The Morgan fingerprint density at radius 3 is 1.11 bits per heavy atom. The van der Waals surface area contributed by atoms with Gasteiger partial charge in [-0.15, -0.1) is 0 Å². The van der Waals surface area contributed by atoms with Crippen LogP contribution >= 0.6 is 0 Å². The first-order valence-electron chi connectivity index (χ1n) is 20.7. The zero-order valence-electron chi connectivity index (χ0n) is 30.8. The average Bonchev–Trinajstić information content (AvgIpc) is 3.05. The molecule has 0 spiro atoms. The molecular formula is C42H82O3. The van der Waals surface area contributed by atoms with Crippen LogP contribution in [0, 0.1) is 0 Å². The van der Waals surface area contributed by atoms with E-state index in [2.05, 4.69) is 19.1 Å². The molecule has 0 fully saturated rings. The number of rotatable bonds is 39. The van der Waals surface area contributed by atoms with Gasteiger partial charge in [0.2, 0.25) is 0 Å². The van der Waals surface area contributed by atoms with Crippen LogP contribution in [0.1, 0.15) is 238 Å². The summed E-state index contributed by atoms with van der Waals surface area (Å²) in [7, 11) is 0. The lowest BCUT2D eigenvalue weighted by molar-refractivity contribution is -0.143. The van der Waals surface area contributed by atoms with Gasteiger partial charge in [-0.2, -0.15) is 0 Å². The Morgan fingerprint density at radius 2 is 0.733 bits per heavy atom. The molecule has 3 nitrogen and oxygen atoms in total. The van der Waals surface area contributed by atoms with E-state index in [4.69, 9.17) is 9.84 Å². The van der Waals surface area contributed by atoms with Crippen molar-refractivity contribution in [3.8, 4) is 0 Å². The Balaban J connectivity index is 3.16. The van der Waals surface area contributed by atoms with Crippen LogP contribution in [0.3, 0.4) is 0 Å². The number of esters is 1. The molecule has 0 atom stereocenters. The molecular weight excluding hydrogens is 552 g/mol. The fourth-order valence-electron chi connectivity index (χ4n) is 6.35. The molecule has 0 saturated heterocycles. The fourth-order valence-corrected chi connectivity index (χ4v) is 6.35. The van der Waals surface area contributed by atoms with Crippen LogP contribution < -0.4 is 0 Å². The number of carbonyl (C=O) groups excluding carboxylic acids is 1. The van der Waals surface area contributed by atoms with Crippen LogP contribution in [-0.2, 0) is 9.53 Å². The third-order valence-electron chi connectivity index (χ3n) is 9.46. The lowest BCUT2D eigenvalue weighted by Gasteiger charge is -2.06. The fraction of sp³-hybridized carbons (Fsp3) is 0.929. The van der Waals surface area contributed by atoms with Crippen molar-refractivity contribution in [1.29, 1.82) is 0 Å². The quantitative estimate of drug-likeness (QED) is 0.0416. The van der Waals surface area contributed by atoms with Gasteiger partial charge in [0.15, 0.2) is 0 Å². The molecule has 0 aromatic carbocycles. The van der Waals surface area contributed by atoms with E-state index < -0.39 is 0 Å². The maximum Gasteiger partial charge on any atom is 0.305 e. The molecule has 0 heterocycles. The molecule has 0 rings (SSSR count). The minimum atomic E-state index is 0.0144. The Bertz CT molecular complexity index is 572. The average molecular weight is 635 g/mol. The van der Waals surface area contributed by atoms with Crippen molar-refractivity contribution in [2.24, 2.45) is 0 Å². The van der Waals surface area contributed by atoms with Crippen LogP contribution in [0.15, 0.2) is 12.2 Å². The van der Waals surface area contributed by atoms with Crippen molar-refractivity contribution >= 4 is 5.97 Å². The van der Waals surface area contributed by atoms with Crippen LogP contribution in [0.25, 0.3) is 0 Å². The highest BCUT2D eigenvalue weighted by Crippen LogP contribution is 2.16. The largest absolute Gasteiger partial charge is 0.466 e. The lowest BCUT2D eigenvalue weighted by atomic mass is 10.0. The summed E-state index contributed by atoms with van der Waals surface area (Å²) in [6.45, 7) is 3.26. The van der Waals surface area contributed by atoms with Gasteiger partial charge < -0.3 is 9.84 Å². The first-order valence-corrected chi connectivity index (χ1v) is 20.7. The Labute approximate surface area is 283 Å². The maximum absolute atomic E-state index is 12.0. The van der Waals surface area contributed by atoms with Gasteiger partial charge in [-0.05, 0) is 44.9 Å². The first-order chi connectivity index (χ1) is 22.3. The summed E-state index contributed by atoms with van der Waals surface area (Å²) in [5, 5.41) is 8.80. The van der Waals surface area contributed by atoms with Crippen LogP contribution in [-0.4, -0.2) is 24.3 Å². The van der Waals surface area contributed by atoms with Crippen molar-refractivity contribution in [2.75, 3.05) is 13.2 Å². The second-order valence-corrected chi connectivity index (χ2v) is 14.1. The molecule has 268 valence electrons. The molecule has 0 aromatic heterocycles. The van der Waals surface area contributed by atoms with E-state index in [0.717, 1.165) is 25.7 Å². The zero-order valence-corrected chi connectivity index (χ0v) is 30.8. The lowest BCUT2D eigenvalue weighted by Crippen LogP contribution is -2.05. The van der Waals surface area contributed by atoms with Gasteiger partial charge in [0.05, 0.1) is 6.61 Å². The standard InChI is InChI=1S/C42H82O3/c1-2-3-4-5-6-7-8-9-18-21-24-27-30-33-36-39-42(44)45-41-38-35-32-29-26-23-20-17-15-13-11-10-12-14-16-19-22-25-28-31-34-37-40-43/h9,18,43H,2-8,10-17,19-41H2,1H3/b18-9-. The smallest absolute Gasteiger partial charge is 0.305 e. The van der Waals surface area contributed by atoms with Crippen LogP contribution in [0.4, 0.5) is 0 Å². The highest BCUT2D eigenvalue weighted by molar-refractivity contribution is 5.69. The second kappa shape index (κ2) is 41.2. The summed E-state index contributed by atoms with van der Waals surface area (Å²) in [5.74, 6) is 0.0144. The molecule has 0 amide bonds. The van der Waals surface area contributed by atoms with E-state index in [1.54, 1.807) is 0 Å². The molecule has 1 N–H and O–H groups in total. The Kier molecular flexibility index (Phi) is 40.4. The molecule has 0 radical (unpaired) electrons. The van der Waals surface area contributed by atoms with Crippen molar-refractivity contribution in [1.82, 2.24) is 0 Å². The number of carbonyl (C=O) groups is 1. The molecule has 0 unspecified atom stereocenters. The zero-order chi connectivity index (χ0) is 32.6. The van der Waals surface area contributed by atoms with Crippen molar-refractivity contribution in [3.63, 3.8) is 0 Å². The van der Waals surface area contributed by atoms with E-state index in [1.165, 1.54) is 199 Å². The Morgan fingerprint density at radius 1 is 0.422 bits per heavy atom. The van der Waals surface area contributed by atoms with Gasteiger partial charge in [-0.3, -0.25) is 4.79 Å². The maximum atomic E-state index is 12.0. The van der Waals surface area contributed by atoms with Crippen molar-refractivity contribution in [2.45, 2.75) is 238 Å². The van der Waals surface area contributed by atoms with Gasteiger partial charge in [-0.25, -0.2) is 0 Å². The third-order valence-corrected chi connectivity index (χ3v) is 9.46. The van der Waals surface area contributed by atoms with Gasteiger partial charge in [0.1, 0.15) is 0 Å². The molecule has 0 bridgehead atoms. The molecule has 0 aromatic rings. The SMILES string of the molecule is CCCCCCCC/C=C\CCCCCCCC(=O)OCCCCCCCCCCCCCCCCCCCCCCCCO. The summed E-state index contributed by atoms with van der Waals surface area (Å²) in [6.07, 6.45) is 51.7. The number of aliphatic hydroxyl groups excluding tert-OH is 1. The van der Waals surface area contributed by atoms with Gasteiger partial charge in [-0.1, -0.05) is 199 Å². The van der Waals surface area contributed by atoms with Gasteiger partial charge >= 0.3 is 5.97 Å². The number of allylic oxidation sites excluding steroid dienone is 2. The summed E-state index contributed by atoms with van der Waals surface area (Å²) in [4.78, 5) is 12.0. The number of unbranched alkanes of at least 4 members (excludes halogenated alkanes) is 32. The first kappa shape index (κ1) is 44.2. The number of aliphatic hydroxyl groups is 1. The van der Waals surface area contributed by atoms with E-state index in [0.29, 0.717) is 19.6 Å². The minimum absolute atomic E-state index is 0.0144. The second-order valence-electron chi connectivity index (χ2n) is 14.1. The number of hydrogen-bond acceptors (Lipinski definition) is 3. The summed E-state index contributed by atoms with van der Waals surface area (Å²) in [6, 6.07) is 0. The molecule has 0 aliphatic rings. The summed E-state index contributed by atoms with van der Waals surface area (Å²) < 4.78 is 5.45. The predicted molar refractivity (Wildman–Crippen MR) is 199 cm³/mol. The molecule has 0 saturated carbocycles. The molecule has 0 aliphatic carbocycles. The highest BCUT2D eigenvalue weighted by Gasteiger charge is 2.02. The number of ether oxygens (including phenoxy) is 1. The van der Waals surface area contributed by atoms with Crippen LogP contribution in [0.5, 0.6) is 0 Å². The monoisotopic (exact) mass is 635 g/mol. The van der Waals surface area contributed by atoms with E-state index in [-0.39, 0.29) is 5.97 Å². The minimum Gasteiger partial charge on any atom is -0.466 e. The summed E-state index contributed by atoms with van der Waals surface area (Å²) in [5.41, 5.74) is 0. The molecule has 0 aliphatic heterocycles. The van der Waals surface area contributed by atoms with E-state index in [9.17, 15) is 4.79 Å². The molecule has 45 heavy (non-hydrogen) atoms. The van der Waals surface area contributed by atoms with Gasteiger partial charge in [0, 0.05) is 13.0 Å². The van der Waals surface area contributed by atoms with Crippen LogP contribution in [0.2, 0.25) is 0 Å². The van der Waals surface area contributed by atoms with Crippen molar-refractivity contribution in [3.05, 3.63) is 12.2 Å². The van der Waals surface area contributed by atoms with E-state index in [1.807, 2.05) is 0 Å². The van der Waals surface area contributed by atoms with Crippen molar-refractivity contribution < 1.29 is 14.6 Å². The van der Waals surface area contributed by atoms with Gasteiger partial charge in [0.25, 0.3) is 0 Å². The third kappa shape index (κ3) is 41.1.